The quantitative estimate of drug-likeness (QED) is 0.740. The van der Waals surface area contributed by atoms with Gasteiger partial charge < -0.3 is 4.57 Å². The van der Waals surface area contributed by atoms with E-state index < -0.39 is 11.0 Å². The Balaban J connectivity index is 1.83. The lowest BCUT2D eigenvalue weighted by atomic mass is 10.1. The van der Waals surface area contributed by atoms with Gasteiger partial charge in [-0.2, -0.15) is 0 Å². The first-order valence-electron chi connectivity index (χ1n) is 8.21. The monoisotopic (exact) mass is 340 g/mol. The summed E-state index contributed by atoms with van der Waals surface area (Å²) in [6, 6.07) is 18.9. The molecule has 1 N–H and O–H groups in total. The third-order valence-electron chi connectivity index (χ3n) is 4.05. The van der Waals surface area contributed by atoms with E-state index in [4.69, 9.17) is 0 Å². The van der Waals surface area contributed by atoms with Crippen molar-refractivity contribution in [2.24, 2.45) is 0 Å². The van der Waals surface area contributed by atoms with E-state index in [9.17, 15) is 4.21 Å². The molecule has 0 saturated carbocycles. The Bertz CT molecular complexity index is 847. The molecule has 3 rings (SSSR count). The number of fused-ring (bicyclic) bond motifs is 1. The standard InChI is InChI=1S/C20H24N2OS/c1-20(2,3)24(23)21-14-17-10-7-11-19-18(17)12-13-22(19)15-16-8-5-4-6-9-16/h4-13,21H,14-15H2,1-3H3. The van der Waals surface area contributed by atoms with Gasteiger partial charge in [0.05, 0.1) is 15.7 Å². The number of aromatic nitrogens is 1. The van der Waals surface area contributed by atoms with Crippen LogP contribution in [0.2, 0.25) is 0 Å². The van der Waals surface area contributed by atoms with Crippen molar-refractivity contribution in [2.75, 3.05) is 0 Å². The maximum atomic E-state index is 12.2. The molecular formula is C20H24N2OS. The van der Waals surface area contributed by atoms with Gasteiger partial charge in [0.15, 0.2) is 0 Å². The zero-order valence-corrected chi connectivity index (χ0v) is 15.3. The van der Waals surface area contributed by atoms with Gasteiger partial charge in [-0.1, -0.05) is 42.5 Å². The first kappa shape index (κ1) is 16.9. The lowest BCUT2D eigenvalue weighted by molar-refractivity contribution is 0.635. The van der Waals surface area contributed by atoms with E-state index in [0.717, 1.165) is 6.54 Å². The molecule has 0 amide bonds. The molecule has 4 heteroatoms. The summed E-state index contributed by atoms with van der Waals surface area (Å²) in [6.07, 6.45) is 2.13. The lowest BCUT2D eigenvalue weighted by Crippen LogP contribution is -2.32. The molecule has 1 unspecified atom stereocenters. The van der Waals surface area contributed by atoms with E-state index in [1.54, 1.807) is 0 Å². The van der Waals surface area contributed by atoms with Crippen molar-refractivity contribution in [3.8, 4) is 0 Å². The maximum absolute atomic E-state index is 12.2. The summed E-state index contributed by atoms with van der Waals surface area (Å²) in [5.41, 5.74) is 3.67. The lowest BCUT2D eigenvalue weighted by Gasteiger charge is -2.18. The van der Waals surface area contributed by atoms with Crippen LogP contribution in [-0.2, 0) is 24.1 Å². The predicted octanol–water partition coefficient (Wildman–Crippen LogP) is 4.24. The molecule has 3 aromatic rings. The van der Waals surface area contributed by atoms with Crippen molar-refractivity contribution in [3.63, 3.8) is 0 Å². The minimum atomic E-state index is -1.06. The summed E-state index contributed by atoms with van der Waals surface area (Å²) in [7, 11) is -1.06. The van der Waals surface area contributed by atoms with Gasteiger partial charge in [0.2, 0.25) is 0 Å². The molecule has 2 aromatic carbocycles. The number of rotatable bonds is 5. The van der Waals surface area contributed by atoms with Gasteiger partial charge in [0.25, 0.3) is 0 Å². The maximum Gasteiger partial charge on any atom is 0.0973 e. The van der Waals surface area contributed by atoms with Gasteiger partial charge in [-0.3, -0.25) is 0 Å². The third-order valence-corrected chi connectivity index (χ3v) is 5.57. The molecule has 1 aromatic heterocycles. The predicted molar refractivity (Wildman–Crippen MR) is 102 cm³/mol. The molecule has 0 aliphatic carbocycles. The Labute approximate surface area is 146 Å². The zero-order chi connectivity index (χ0) is 17.2. The Morgan fingerprint density at radius 1 is 1.00 bits per heavy atom. The fourth-order valence-corrected chi connectivity index (χ4v) is 3.44. The largest absolute Gasteiger partial charge is 0.343 e. The number of hydrogen-bond acceptors (Lipinski definition) is 1. The van der Waals surface area contributed by atoms with Crippen molar-refractivity contribution in [1.82, 2.24) is 9.29 Å². The van der Waals surface area contributed by atoms with E-state index in [2.05, 4.69) is 64.0 Å². The Hall–Kier alpha value is -1.91. The zero-order valence-electron chi connectivity index (χ0n) is 14.5. The second kappa shape index (κ2) is 6.91. The smallest absolute Gasteiger partial charge is 0.0973 e. The highest BCUT2D eigenvalue weighted by Crippen LogP contribution is 2.22. The normalized spacial score (nSPS) is 13.3. The second-order valence-corrected chi connectivity index (χ2v) is 9.03. The van der Waals surface area contributed by atoms with E-state index in [1.165, 1.54) is 22.0 Å². The minimum absolute atomic E-state index is 0.257. The highest BCUT2D eigenvalue weighted by Gasteiger charge is 2.19. The number of nitrogens with one attached hydrogen (secondary N) is 1. The Morgan fingerprint density at radius 3 is 2.46 bits per heavy atom. The van der Waals surface area contributed by atoms with Crippen molar-refractivity contribution in [1.29, 1.82) is 0 Å². The first-order chi connectivity index (χ1) is 11.4. The van der Waals surface area contributed by atoms with Gasteiger partial charge in [0.1, 0.15) is 0 Å². The van der Waals surface area contributed by atoms with Crippen LogP contribution in [0.1, 0.15) is 31.9 Å². The average Bonchev–Trinajstić information content (AvgIpc) is 2.96. The molecule has 1 heterocycles. The summed E-state index contributed by atoms with van der Waals surface area (Å²) in [6.45, 7) is 7.40. The summed E-state index contributed by atoms with van der Waals surface area (Å²) in [4.78, 5) is 0. The van der Waals surface area contributed by atoms with Crippen molar-refractivity contribution >= 4 is 21.9 Å². The number of benzene rings is 2. The van der Waals surface area contributed by atoms with Crippen LogP contribution in [0.3, 0.4) is 0 Å². The molecule has 0 radical (unpaired) electrons. The summed E-state index contributed by atoms with van der Waals surface area (Å²) < 4.78 is 17.4. The van der Waals surface area contributed by atoms with Crippen LogP contribution in [0, 0.1) is 0 Å². The molecular weight excluding hydrogens is 316 g/mol. The van der Waals surface area contributed by atoms with Crippen molar-refractivity contribution in [3.05, 3.63) is 71.9 Å². The molecule has 24 heavy (non-hydrogen) atoms. The highest BCUT2D eigenvalue weighted by atomic mass is 32.2. The summed E-state index contributed by atoms with van der Waals surface area (Å²) in [5, 5.41) is 1.21. The molecule has 0 aliphatic heterocycles. The van der Waals surface area contributed by atoms with Crippen LogP contribution in [0.25, 0.3) is 10.9 Å². The molecule has 0 spiro atoms. The molecule has 0 bridgehead atoms. The summed E-state index contributed by atoms with van der Waals surface area (Å²) in [5.74, 6) is 0. The van der Waals surface area contributed by atoms with Crippen LogP contribution in [0.5, 0.6) is 0 Å². The molecule has 0 fully saturated rings. The van der Waals surface area contributed by atoms with Gasteiger partial charge in [0, 0.05) is 30.2 Å². The van der Waals surface area contributed by atoms with Gasteiger partial charge in [-0.15, -0.1) is 0 Å². The van der Waals surface area contributed by atoms with Crippen LogP contribution in [-0.4, -0.2) is 13.5 Å². The van der Waals surface area contributed by atoms with E-state index in [0.29, 0.717) is 6.54 Å². The topological polar surface area (TPSA) is 34.0 Å². The van der Waals surface area contributed by atoms with E-state index >= 15 is 0 Å². The molecule has 3 nitrogen and oxygen atoms in total. The van der Waals surface area contributed by atoms with E-state index in [1.807, 2.05) is 26.8 Å². The second-order valence-electron chi connectivity index (χ2n) is 6.98. The third kappa shape index (κ3) is 3.77. The van der Waals surface area contributed by atoms with Gasteiger partial charge in [-0.25, -0.2) is 8.93 Å². The molecule has 0 aliphatic rings. The highest BCUT2D eigenvalue weighted by molar-refractivity contribution is 7.84. The minimum Gasteiger partial charge on any atom is -0.343 e. The first-order valence-corrected chi connectivity index (χ1v) is 9.36. The summed E-state index contributed by atoms with van der Waals surface area (Å²) >= 11 is 0. The molecule has 1 atom stereocenters. The Kier molecular flexibility index (Phi) is 4.88. The molecule has 0 saturated heterocycles. The van der Waals surface area contributed by atoms with Gasteiger partial charge >= 0.3 is 0 Å². The van der Waals surface area contributed by atoms with Crippen LogP contribution >= 0.6 is 0 Å². The van der Waals surface area contributed by atoms with Gasteiger partial charge in [-0.05, 0) is 44.0 Å². The number of nitrogens with zero attached hydrogens (tertiary/aromatic N) is 1. The van der Waals surface area contributed by atoms with Crippen molar-refractivity contribution in [2.45, 2.75) is 38.6 Å². The van der Waals surface area contributed by atoms with E-state index in [-0.39, 0.29) is 4.75 Å². The van der Waals surface area contributed by atoms with Crippen LogP contribution in [0.15, 0.2) is 60.8 Å². The fraction of sp³-hybridized carbons (Fsp3) is 0.300. The van der Waals surface area contributed by atoms with Crippen molar-refractivity contribution < 1.29 is 4.21 Å². The SMILES string of the molecule is CC(C)(C)S(=O)NCc1cccc2c1ccn2Cc1ccccc1. The average molecular weight is 340 g/mol. The van der Waals surface area contributed by atoms with Crippen LogP contribution < -0.4 is 4.72 Å². The Morgan fingerprint density at radius 2 is 1.75 bits per heavy atom. The molecule has 126 valence electrons. The number of hydrogen-bond donors (Lipinski definition) is 1. The van der Waals surface area contributed by atoms with Crippen LogP contribution in [0.4, 0.5) is 0 Å². The fourth-order valence-electron chi connectivity index (χ4n) is 2.72.